The van der Waals surface area contributed by atoms with Gasteiger partial charge in [-0.25, -0.2) is 4.98 Å². The number of aliphatic hydroxyl groups is 1. The standard InChI is InChI=1S/C19H25N5OS/c1-19(2,12-25)11-20-14-10-17(24-7-3-4-8-24)22-15-9-16(26-18(14)15)13-5-6-21-23-13/h5-6,9-10,25H,3-4,7-8,11-12H2,1-2H3,(H,20,22)(H,21,23). The van der Waals surface area contributed by atoms with E-state index in [9.17, 15) is 5.11 Å². The van der Waals surface area contributed by atoms with E-state index in [0.29, 0.717) is 6.54 Å². The largest absolute Gasteiger partial charge is 0.396 e. The van der Waals surface area contributed by atoms with Gasteiger partial charge in [0.25, 0.3) is 0 Å². The van der Waals surface area contributed by atoms with E-state index in [1.165, 1.54) is 12.8 Å². The number of fused-ring (bicyclic) bond motifs is 1. The predicted molar refractivity (Wildman–Crippen MR) is 108 cm³/mol. The molecule has 3 aromatic heterocycles. The van der Waals surface area contributed by atoms with E-state index >= 15 is 0 Å². The molecule has 1 fully saturated rings. The second kappa shape index (κ2) is 6.89. The Morgan fingerprint density at radius 2 is 2.12 bits per heavy atom. The number of nitrogens with one attached hydrogen (secondary N) is 2. The van der Waals surface area contributed by atoms with Crippen LogP contribution in [0.4, 0.5) is 11.5 Å². The maximum atomic E-state index is 9.57. The number of aromatic amines is 1. The van der Waals surface area contributed by atoms with Crippen LogP contribution < -0.4 is 10.2 Å². The summed E-state index contributed by atoms with van der Waals surface area (Å²) in [5.41, 5.74) is 2.94. The van der Waals surface area contributed by atoms with Crippen LogP contribution in [0.2, 0.25) is 0 Å². The van der Waals surface area contributed by atoms with Crippen molar-refractivity contribution in [1.29, 1.82) is 0 Å². The van der Waals surface area contributed by atoms with E-state index < -0.39 is 0 Å². The molecule has 1 saturated heterocycles. The van der Waals surface area contributed by atoms with Crippen LogP contribution in [-0.4, -0.2) is 46.5 Å². The van der Waals surface area contributed by atoms with Crippen molar-refractivity contribution in [3.05, 3.63) is 24.4 Å². The van der Waals surface area contributed by atoms with Crippen molar-refractivity contribution in [2.45, 2.75) is 26.7 Å². The SMILES string of the molecule is CC(C)(CO)CNc1cc(N2CCCC2)nc2cc(-c3ccn[nH]3)sc12. The van der Waals surface area contributed by atoms with Crippen molar-refractivity contribution in [2.24, 2.45) is 5.41 Å². The summed E-state index contributed by atoms with van der Waals surface area (Å²) >= 11 is 1.71. The zero-order chi connectivity index (χ0) is 18.1. The molecule has 3 N–H and O–H groups in total. The summed E-state index contributed by atoms with van der Waals surface area (Å²) in [5.74, 6) is 1.04. The topological polar surface area (TPSA) is 77.1 Å². The van der Waals surface area contributed by atoms with Crippen molar-refractivity contribution in [3.8, 4) is 10.6 Å². The maximum Gasteiger partial charge on any atom is 0.131 e. The lowest BCUT2D eigenvalue weighted by molar-refractivity contribution is 0.171. The Morgan fingerprint density at radius 3 is 2.81 bits per heavy atom. The maximum absolute atomic E-state index is 9.57. The number of hydrogen-bond donors (Lipinski definition) is 3. The van der Waals surface area contributed by atoms with Crippen molar-refractivity contribution in [2.75, 3.05) is 36.5 Å². The van der Waals surface area contributed by atoms with Crippen molar-refractivity contribution in [3.63, 3.8) is 0 Å². The highest BCUT2D eigenvalue weighted by molar-refractivity contribution is 7.22. The first kappa shape index (κ1) is 17.3. The fourth-order valence-corrected chi connectivity index (χ4v) is 4.23. The molecule has 4 heterocycles. The summed E-state index contributed by atoms with van der Waals surface area (Å²) in [6.07, 6.45) is 4.22. The van der Waals surface area contributed by atoms with E-state index in [0.717, 1.165) is 45.4 Å². The number of rotatable bonds is 6. The third-order valence-corrected chi connectivity index (χ3v) is 6.04. The molecule has 26 heavy (non-hydrogen) atoms. The second-order valence-corrected chi connectivity index (χ2v) is 8.75. The van der Waals surface area contributed by atoms with Gasteiger partial charge in [0.05, 0.1) is 26.5 Å². The number of aromatic nitrogens is 3. The first-order valence-electron chi connectivity index (χ1n) is 9.10. The van der Waals surface area contributed by atoms with Crippen LogP contribution in [0.5, 0.6) is 0 Å². The molecular formula is C19H25N5OS. The molecule has 0 unspecified atom stereocenters. The first-order chi connectivity index (χ1) is 12.6. The molecule has 3 aromatic rings. The first-order valence-corrected chi connectivity index (χ1v) is 9.91. The summed E-state index contributed by atoms with van der Waals surface area (Å²) in [7, 11) is 0. The molecule has 0 radical (unpaired) electrons. The number of thiophene rings is 1. The molecule has 0 bridgehead atoms. The molecule has 0 atom stereocenters. The van der Waals surface area contributed by atoms with Crippen LogP contribution in [0.25, 0.3) is 20.8 Å². The molecule has 0 spiro atoms. The van der Waals surface area contributed by atoms with Crippen molar-refractivity contribution >= 4 is 33.1 Å². The Hall–Kier alpha value is -2.12. The molecule has 6 nitrogen and oxygen atoms in total. The van der Waals surface area contributed by atoms with Crippen molar-refractivity contribution in [1.82, 2.24) is 15.2 Å². The minimum atomic E-state index is -0.174. The van der Waals surface area contributed by atoms with Crippen LogP contribution in [0.15, 0.2) is 24.4 Å². The third kappa shape index (κ3) is 3.41. The second-order valence-electron chi connectivity index (χ2n) is 7.69. The highest BCUT2D eigenvalue weighted by Crippen LogP contribution is 2.38. The monoisotopic (exact) mass is 371 g/mol. The molecular weight excluding hydrogens is 346 g/mol. The molecule has 1 aliphatic heterocycles. The van der Waals surface area contributed by atoms with Gasteiger partial charge in [0.1, 0.15) is 5.82 Å². The lowest BCUT2D eigenvalue weighted by Gasteiger charge is -2.24. The van der Waals surface area contributed by atoms with Crippen LogP contribution in [0.3, 0.4) is 0 Å². The smallest absolute Gasteiger partial charge is 0.131 e. The number of hydrogen-bond acceptors (Lipinski definition) is 6. The van der Waals surface area contributed by atoms with E-state index in [2.05, 4.69) is 46.4 Å². The normalized spacial score (nSPS) is 15.1. The van der Waals surface area contributed by atoms with Crippen LogP contribution >= 0.6 is 11.3 Å². The minimum absolute atomic E-state index is 0.150. The van der Waals surface area contributed by atoms with Gasteiger partial charge in [0.2, 0.25) is 0 Å². The Labute approximate surface area is 157 Å². The summed E-state index contributed by atoms with van der Waals surface area (Å²) < 4.78 is 1.14. The van der Waals surface area contributed by atoms with E-state index in [-0.39, 0.29) is 12.0 Å². The number of nitrogens with zero attached hydrogens (tertiary/aromatic N) is 3. The van der Waals surface area contributed by atoms with Gasteiger partial charge in [0, 0.05) is 43.9 Å². The lowest BCUT2D eigenvalue weighted by Crippen LogP contribution is -2.27. The zero-order valence-corrected chi connectivity index (χ0v) is 16.1. The molecule has 0 saturated carbocycles. The zero-order valence-electron chi connectivity index (χ0n) is 15.2. The van der Waals surface area contributed by atoms with E-state index in [1.807, 2.05) is 6.07 Å². The molecule has 0 aliphatic carbocycles. The Bertz CT molecular complexity index is 881. The van der Waals surface area contributed by atoms with Gasteiger partial charge in [0.15, 0.2) is 0 Å². The van der Waals surface area contributed by atoms with Crippen LogP contribution in [0.1, 0.15) is 26.7 Å². The average molecular weight is 372 g/mol. The van der Waals surface area contributed by atoms with E-state index in [1.54, 1.807) is 17.5 Å². The van der Waals surface area contributed by atoms with Gasteiger partial charge in [-0.05, 0) is 25.0 Å². The molecule has 0 aromatic carbocycles. The summed E-state index contributed by atoms with van der Waals surface area (Å²) in [6.45, 7) is 7.11. The Morgan fingerprint density at radius 1 is 1.31 bits per heavy atom. The lowest BCUT2D eigenvalue weighted by atomic mass is 9.95. The highest BCUT2D eigenvalue weighted by atomic mass is 32.1. The fraction of sp³-hybridized carbons (Fsp3) is 0.474. The summed E-state index contributed by atoms with van der Waals surface area (Å²) in [6, 6.07) is 6.28. The Balaban J connectivity index is 1.75. The van der Waals surface area contributed by atoms with Gasteiger partial charge in [-0.2, -0.15) is 5.10 Å². The fourth-order valence-electron chi connectivity index (χ4n) is 3.16. The minimum Gasteiger partial charge on any atom is -0.396 e. The molecule has 1 aliphatic rings. The van der Waals surface area contributed by atoms with Gasteiger partial charge in [-0.3, -0.25) is 5.10 Å². The number of anilines is 2. The van der Waals surface area contributed by atoms with Crippen LogP contribution in [-0.2, 0) is 0 Å². The number of pyridine rings is 1. The van der Waals surface area contributed by atoms with E-state index in [4.69, 9.17) is 4.98 Å². The molecule has 7 heteroatoms. The molecule has 0 amide bonds. The average Bonchev–Trinajstić information content (AvgIpc) is 3.39. The quantitative estimate of drug-likeness (QED) is 0.616. The number of aliphatic hydroxyl groups excluding tert-OH is 1. The number of H-pyrrole nitrogens is 1. The summed E-state index contributed by atoms with van der Waals surface area (Å²) in [5, 5.41) is 20.2. The van der Waals surface area contributed by atoms with Gasteiger partial charge >= 0.3 is 0 Å². The Kier molecular flexibility index (Phi) is 4.58. The highest BCUT2D eigenvalue weighted by Gasteiger charge is 2.20. The van der Waals surface area contributed by atoms with Crippen molar-refractivity contribution < 1.29 is 5.11 Å². The van der Waals surface area contributed by atoms with Gasteiger partial charge in [-0.1, -0.05) is 13.8 Å². The summed E-state index contributed by atoms with van der Waals surface area (Å²) in [4.78, 5) is 8.41. The third-order valence-electron chi connectivity index (χ3n) is 4.85. The predicted octanol–water partition coefficient (Wildman–Crippen LogP) is 3.72. The molecule has 138 valence electrons. The molecule has 4 rings (SSSR count). The van der Waals surface area contributed by atoms with Gasteiger partial charge in [-0.15, -0.1) is 11.3 Å². The van der Waals surface area contributed by atoms with Gasteiger partial charge < -0.3 is 15.3 Å². The van der Waals surface area contributed by atoms with Crippen LogP contribution in [0, 0.1) is 5.41 Å².